The minimum absolute atomic E-state index is 0.0296. The van der Waals surface area contributed by atoms with Gasteiger partial charge in [-0.15, -0.1) is 0 Å². The second-order valence-corrected chi connectivity index (χ2v) is 5.86. The van der Waals surface area contributed by atoms with Gasteiger partial charge in [-0.05, 0) is 24.7 Å². The van der Waals surface area contributed by atoms with Crippen molar-refractivity contribution in [3.8, 4) is 0 Å². The van der Waals surface area contributed by atoms with Crippen molar-refractivity contribution >= 4 is 27.8 Å². The molecule has 116 valence electrons. The summed E-state index contributed by atoms with van der Waals surface area (Å²) >= 11 is 3.47. The van der Waals surface area contributed by atoms with Crippen LogP contribution in [-0.4, -0.2) is 44.5 Å². The average Bonchev–Trinajstić information content (AvgIpc) is 2.47. The van der Waals surface area contributed by atoms with Gasteiger partial charge in [0.25, 0.3) is 0 Å². The van der Waals surface area contributed by atoms with Gasteiger partial charge in [-0.2, -0.15) is 0 Å². The summed E-state index contributed by atoms with van der Waals surface area (Å²) < 4.78 is 5.54. The number of benzene rings is 1. The molecule has 0 bridgehead atoms. The molecular formula is C15H21BrN2O3. The molecular weight excluding hydrogens is 336 g/mol. The van der Waals surface area contributed by atoms with E-state index >= 15 is 0 Å². The molecule has 1 aromatic carbocycles. The molecule has 0 spiro atoms. The molecule has 1 atom stereocenters. The maximum absolute atomic E-state index is 11.5. The van der Waals surface area contributed by atoms with Gasteiger partial charge in [-0.1, -0.05) is 28.9 Å². The average molecular weight is 357 g/mol. The molecule has 1 N–H and O–H groups in total. The summed E-state index contributed by atoms with van der Waals surface area (Å²) in [6.07, 6.45) is 0. The van der Waals surface area contributed by atoms with Crippen molar-refractivity contribution in [1.82, 2.24) is 10.2 Å². The normalized spacial score (nSPS) is 12.1. The number of hydrogen-bond donors (Lipinski definition) is 1. The second kappa shape index (κ2) is 8.14. The van der Waals surface area contributed by atoms with Crippen molar-refractivity contribution in [3.05, 3.63) is 33.8 Å². The number of ether oxygens (including phenoxy) is 1. The zero-order valence-electron chi connectivity index (χ0n) is 12.8. The van der Waals surface area contributed by atoms with E-state index < -0.39 is 0 Å². The molecule has 0 heterocycles. The number of halogens is 1. The quantitative estimate of drug-likeness (QED) is 0.792. The van der Waals surface area contributed by atoms with E-state index in [0.29, 0.717) is 18.7 Å². The fourth-order valence-corrected chi connectivity index (χ4v) is 2.58. The Bertz CT molecular complexity index is 520. The van der Waals surface area contributed by atoms with Crippen molar-refractivity contribution in [2.24, 2.45) is 5.92 Å². The van der Waals surface area contributed by atoms with Crippen LogP contribution in [0.2, 0.25) is 0 Å². The van der Waals surface area contributed by atoms with Crippen molar-refractivity contribution in [1.29, 1.82) is 0 Å². The Kier molecular flexibility index (Phi) is 6.84. The first-order valence-corrected chi connectivity index (χ1v) is 7.45. The highest BCUT2D eigenvalue weighted by molar-refractivity contribution is 9.10. The summed E-state index contributed by atoms with van der Waals surface area (Å²) in [7, 11) is 4.96. The summed E-state index contributed by atoms with van der Waals surface area (Å²) in [6.45, 7) is 3.24. The number of rotatable bonds is 6. The Morgan fingerprint density at radius 2 is 2.10 bits per heavy atom. The van der Waals surface area contributed by atoms with Crippen LogP contribution < -0.4 is 5.32 Å². The molecule has 6 heteroatoms. The van der Waals surface area contributed by atoms with Crippen LogP contribution in [0, 0.1) is 5.92 Å². The Hall–Kier alpha value is -1.40. The fourth-order valence-electron chi connectivity index (χ4n) is 2.07. The Morgan fingerprint density at radius 3 is 2.62 bits per heavy atom. The topological polar surface area (TPSA) is 58.6 Å². The van der Waals surface area contributed by atoms with E-state index in [1.807, 2.05) is 20.0 Å². The van der Waals surface area contributed by atoms with Crippen LogP contribution in [0.1, 0.15) is 22.8 Å². The van der Waals surface area contributed by atoms with Gasteiger partial charge in [-0.25, -0.2) is 4.79 Å². The third kappa shape index (κ3) is 5.13. The summed E-state index contributed by atoms with van der Waals surface area (Å²) in [4.78, 5) is 25.0. The lowest BCUT2D eigenvalue weighted by molar-refractivity contribution is -0.124. The smallest absolute Gasteiger partial charge is 0.337 e. The second-order valence-electron chi connectivity index (χ2n) is 5.01. The molecule has 1 unspecified atom stereocenters. The zero-order chi connectivity index (χ0) is 16.0. The third-order valence-electron chi connectivity index (χ3n) is 3.19. The first-order valence-electron chi connectivity index (χ1n) is 6.66. The van der Waals surface area contributed by atoms with Crippen LogP contribution in [-0.2, 0) is 16.1 Å². The number of nitrogens with zero attached hydrogens (tertiary/aromatic N) is 1. The molecule has 1 amide bonds. The van der Waals surface area contributed by atoms with Crippen molar-refractivity contribution in [2.45, 2.75) is 13.5 Å². The van der Waals surface area contributed by atoms with E-state index in [1.54, 1.807) is 19.2 Å². The standard InChI is InChI=1S/C15H21BrN2O3/c1-10(14(19)17-2)8-18(3)9-12-6-5-11(7-13(12)16)15(20)21-4/h5-7,10H,8-9H2,1-4H3,(H,17,19). The molecule has 0 saturated heterocycles. The molecule has 5 nitrogen and oxygen atoms in total. The Morgan fingerprint density at radius 1 is 1.43 bits per heavy atom. The highest BCUT2D eigenvalue weighted by atomic mass is 79.9. The van der Waals surface area contributed by atoms with Gasteiger partial charge in [0, 0.05) is 30.5 Å². The van der Waals surface area contributed by atoms with Gasteiger partial charge in [0.05, 0.1) is 12.7 Å². The number of carbonyl (C=O) groups excluding carboxylic acids is 2. The molecule has 0 fully saturated rings. The first-order chi connectivity index (χ1) is 9.88. The van der Waals surface area contributed by atoms with Gasteiger partial charge >= 0.3 is 5.97 Å². The first kappa shape index (κ1) is 17.7. The van der Waals surface area contributed by atoms with E-state index in [0.717, 1.165) is 10.0 Å². The van der Waals surface area contributed by atoms with E-state index in [1.165, 1.54) is 7.11 Å². The number of amides is 1. The van der Waals surface area contributed by atoms with Crippen LogP contribution in [0.4, 0.5) is 0 Å². The maximum Gasteiger partial charge on any atom is 0.337 e. The third-order valence-corrected chi connectivity index (χ3v) is 3.93. The van der Waals surface area contributed by atoms with E-state index in [9.17, 15) is 9.59 Å². The molecule has 21 heavy (non-hydrogen) atoms. The number of hydrogen-bond acceptors (Lipinski definition) is 4. The van der Waals surface area contributed by atoms with Crippen molar-refractivity contribution in [2.75, 3.05) is 27.7 Å². The summed E-state index contributed by atoms with van der Waals surface area (Å²) in [6, 6.07) is 5.37. The van der Waals surface area contributed by atoms with Gasteiger partial charge in [0.15, 0.2) is 0 Å². The van der Waals surface area contributed by atoms with Gasteiger partial charge in [0.2, 0.25) is 5.91 Å². The molecule has 1 aromatic rings. The van der Waals surface area contributed by atoms with Crippen LogP contribution >= 0.6 is 15.9 Å². The Balaban J connectivity index is 2.70. The fraction of sp³-hybridized carbons (Fsp3) is 0.467. The van der Waals surface area contributed by atoms with Crippen LogP contribution in [0.3, 0.4) is 0 Å². The van der Waals surface area contributed by atoms with E-state index in [4.69, 9.17) is 0 Å². The monoisotopic (exact) mass is 356 g/mol. The van der Waals surface area contributed by atoms with Crippen molar-refractivity contribution < 1.29 is 14.3 Å². The lowest BCUT2D eigenvalue weighted by atomic mass is 10.1. The predicted molar refractivity (Wildman–Crippen MR) is 85.0 cm³/mol. The highest BCUT2D eigenvalue weighted by Crippen LogP contribution is 2.21. The summed E-state index contributed by atoms with van der Waals surface area (Å²) in [5.41, 5.74) is 1.56. The summed E-state index contributed by atoms with van der Waals surface area (Å²) in [5.74, 6) is -0.404. The summed E-state index contributed by atoms with van der Waals surface area (Å²) in [5, 5.41) is 2.65. The minimum Gasteiger partial charge on any atom is -0.465 e. The lowest BCUT2D eigenvalue weighted by Gasteiger charge is -2.21. The van der Waals surface area contributed by atoms with E-state index in [-0.39, 0.29) is 17.8 Å². The molecule has 0 aliphatic heterocycles. The largest absolute Gasteiger partial charge is 0.465 e. The number of carbonyl (C=O) groups is 2. The lowest BCUT2D eigenvalue weighted by Crippen LogP contribution is -2.34. The molecule has 1 rings (SSSR count). The van der Waals surface area contributed by atoms with Crippen LogP contribution in [0.5, 0.6) is 0 Å². The molecule has 0 aliphatic carbocycles. The SMILES string of the molecule is CNC(=O)C(C)CN(C)Cc1ccc(C(=O)OC)cc1Br. The molecule has 0 aromatic heterocycles. The van der Waals surface area contributed by atoms with Gasteiger partial charge in [-0.3, -0.25) is 4.79 Å². The van der Waals surface area contributed by atoms with Crippen LogP contribution in [0.15, 0.2) is 22.7 Å². The molecule has 0 saturated carbocycles. The van der Waals surface area contributed by atoms with Crippen molar-refractivity contribution in [3.63, 3.8) is 0 Å². The molecule has 0 aliphatic rings. The van der Waals surface area contributed by atoms with E-state index in [2.05, 4.69) is 30.9 Å². The number of nitrogens with one attached hydrogen (secondary N) is 1. The van der Waals surface area contributed by atoms with Gasteiger partial charge < -0.3 is 15.0 Å². The number of methoxy groups -OCH3 is 1. The molecule has 0 radical (unpaired) electrons. The Labute approximate surface area is 133 Å². The zero-order valence-corrected chi connectivity index (χ0v) is 14.4. The van der Waals surface area contributed by atoms with Gasteiger partial charge in [0.1, 0.15) is 0 Å². The predicted octanol–water partition coefficient (Wildman–Crippen LogP) is 2.05. The minimum atomic E-state index is -0.358. The maximum atomic E-state index is 11.5. The van der Waals surface area contributed by atoms with Crippen LogP contribution in [0.25, 0.3) is 0 Å². The highest BCUT2D eigenvalue weighted by Gasteiger charge is 2.15. The number of esters is 1.